The molecule has 0 spiro atoms. The zero-order valence-electron chi connectivity index (χ0n) is 16.4. The normalized spacial score (nSPS) is 17.0. The molecule has 0 aromatic carbocycles. The highest BCUT2D eigenvalue weighted by atomic mass is 19.4. The third-order valence-corrected chi connectivity index (χ3v) is 4.70. The zero-order chi connectivity index (χ0) is 22.0. The van der Waals surface area contributed by atoms with Crippen LogP contribution < -0.4 is 0 Å². The second kappa shape index (κ2) is 8.00. The fourth-order valence-corrected chi connectivity index (χ4v) is 3.08. The minimum atomic E-state index is -4.71. The number of hydrogen-bond acceptors (Lipinski definition) is 5. The predicted molar refractivity (Wildman–Crippen MR) is 95.3 cm³/mol. The number of pyridine rings is 1. The van der Waals surface area contributed by atoms with Crippen LogP contribution in [-0.4, -0.2) is 51.5 Å². The second-order valence-electron chi connectivity index (χ2n) is 8.08. The van der Waals surface area contributed by atoms with Crippen molar-refractivity contribution in [2.24, 2.45) is 5.41 Å². The molecule has 1 aliphatic heterocycles. The molecule has 1 aromatic heterocycles. The van der Waals surface area contributed by atoms with Crippen molar-refractivity contribution in [3.05, 3.63) is 29.6 Å². The number of amides is 1. The summed E-state index contributed by atoms with van der Waals surface area (Å²) in [7, 11) is 0. The lowest BCUT2D eigenvalue weighted by Crippen LogP contribution is -2.48. The van der Waals surface area contributed by atoms with Gasteiger partial charge in [0.2, 0.25) is 0 Å². The molecule has 0 saturated carbocycles. The maximum Gasteiger partial charge on any atom is 0.433 e. The fourth-order valence-electron chi connectivity index (χ4n) is 3.08. The van der Waals surface area contributed by atoms with E-state index in [-0.39, 0.29) is 31.5 Å². The van der Waals surface area contributed by atoms with Crippen LogP contribution in [0, 0.1) is 5.41 Å². The largest absolute Gasteiger partial charge is 0.481 e. The van der Waals surface area contributed by atoms with Gasteiger partial charge in [0, 0.05) is 31.3 Å². The fraction of sp³-hybridized carbons (Fsp3) is 0.579. The summed E-state index contributed by atoms with van der Waals surface area (Å²) in [6.45, 7) is 5.26. The molecule has 0 aliphatic carbocycles. The predicted octanol–water partition coefficient (Wildman–Crippen LogP) is 3.78. The molecule has 1 amide bonds. The number of likely N-dealkylation sites (tertiary alicyclic amines) is 1. The van der Waals surface area contributed by atoms with Gasteiger partial charge < -0.3 is 14.7 Å². The van der Waals surface area contributed by atoms with Crippen molar-refractivity contribution in [3.8, 4) is 0 Å². The first-order valence-corrected chi connectivity index (χ1v) is 9.01. The highest BCUT2D eigenvalue weighted by Crippen LogP contribution is 2.37. The summed E-state index contributed by atoms with van der Waals surface area (Å²) in [5, 5.41) is 9.70. The Bertz CT molecular complexity index is 794. The highest BCUT2D eigenvalue weighted by molar-refractivity contribution is 5.99. The van der Waals surface area contributed by atoms with Gasteiger partial charge in [0.05, 0.1) is 5.41 Å². The lowest BCUT2D eigenvalue weighted by molar-refractivity contribution is -0.152. The van der Waals surface area contributed by atoms with Gasteiger partial charge in [0.15, 0.2) is 5.78 Å². The SMILES string of the molecule is CC(C)(C)OC(=O)N1CCC(CC(=O)c2ccnc(C(F)(F)F)c2)(C(=O)O)CC1. The van der Waals surface area contributed by atoms with Crippen molar-refractivity contribution >= 4 is 17.8 Å². The van der Waals surface area contributed by atoms with E-state index in [0.29, 0.717) is 6.07 Å². The van der Waals surface area contributed by atoms with Crippen LogP contribution in [0.25, 0.3) is 0 Å². The van der Waals surface area contributed by atoms with Crippen LogP contribution in [0.2, 0.25) is 0 Å². The summed E-state index contributed by atoms with van der Waals surface area (Å²) >= 11 is 0. The number of alkyl halides is 3. The van der Waals surface area contributed by atoms with E-state index < -0.39 is 47.2 Å². The number of Topliss-reactive ketones (excluding diaryl/α,β-unsaturated/α-hetero) is 1. The number of carboxylic acid groups (broad SMARTS) is 1. The van der Waals surface area contributed by atoms with Crippen molar-refractivity contribution in [1.82, 2.24) is 9.88 Å². The van der Waals surface area contributed by atoms with Gasteiger partial charge in [-0.05, 0) is 45.7 Å². The summed E-state index contributed by atoms with van der Waals surface area (Å²) < 4.78 is 43.7. The topological polar surface area (TPSA) is 96.8 Å². The molecular formula is C19H23F3N2O5. The molecule has 1 aliphatic rings. The Morgan fingerprint density at radius 1 is 1.21 bits per heavy atom. The summed E-state index contributed by atoms with van der Waals surface area (Å²) in [6.07, 6.45) is -4.90. The molecule has 0 atom stereocenters. The number of hydrogen-bond donors (Lipinski definition) is 1. The molecule has 1 saturated heterocycles. The van der Waals surface area contributed by atoms with Gasteiger partial charge in [-0.1, -0.05) is 0 Å². The molecule has 2 heterocycles. The van der Waals surface area contributed by atoms with Gasteiger partial charge in [-0.15, -0.1) is 0 Å². The minimum Gasteiger partial charge on any atom is -0.481 e. The van der Waals surface area contributed by atoms with Crippen LogP contribution in [0.3, 0.4) is 0 Å². The average Bonchev–Trinajstić information content (AvgIpc) is 2.60. The van der Waals surface area contributed by atoms with Crippen molar-refractivity contribution < 1.29 is 37.4 Å². The van der Waals surface area contributed by atoms with Crippen LogP contribution in [0.5, 0.6) is 0 Å². The van der Waals surface area contributed by atoms with Crippen LogP contribution in [0.1, 0.15) is 56.1 Å². The number of carbonyl (C=O) groups is 3. The first kappa shape index (κ1) is 22.6. The molecule has 29 heavy (non-hydrogen) atoms. The van der Waals surface area contributed by atoms with Gasteiger partial charge in [-0.25, -0.2) is 4.79 Å². The molecule has 1 aromatic rings. The Kier molecular flexibility index (Phi) is 6.24. The van der Waals surface area contributed by atoms with Gasteiger partial charge in [-0.3, -0.25) is 14.6 Å². The number of aromatic nitrogens is 1. The Hall–Kier alpha value is -2.65. The highest BCUT2D eigenvalue weighted by Gasteiger charge is 2.45. The Balaban J connectivity index is 2.12. The first-order chi connectivity index (χ1) is 13.2. The molecular weight excluding hydrogens is 393 g/mol. The number of rotatable bonds is 4. The molecule has 160 valence electrons. The summed E-state index contributed by atoms with van der Waals surface area (Å²) in [4.78, 5) is 41.1. The lowest BCUT2D eigenvalue weighted by atomic mass is 9.74. The molecule has 0 bridgehead atoms. The molecule has 2 rings (SSSR count). The minimum absolute atomic E-state index is 0.00940. The van der Waals surface area contributed by atoms with Gasteiger partial charge >= 0.3 is 18.2 Å². The molecule has 1 N–H and O–H groups in total. The van der Waals surface area contributed by atoms with Crippen LogP contribution in [-0.2, 0) is 15.7 Å². The standard InChI is InChI=1S/C19H23F3N2O5/c1-17(2,3)29-16(28)24-8-5-18(6-9-24,15(26)27)11-13(25)12-4-7-23-14(10-12)19(20,21)22/h4,7,10H,5-6,8-9,11H2,1-3H3,(H,26,27). The van der Waals surface area contributed by atoms with Crippen molar-refractivity contribution in [3.63, 3.8) is 0 Å². The monoisotopic (exact) mass is 416 g/mol. The summed E-state index contributed by atoms with van der Waals surface area (Å²) in [5.74, 6) is -1.94. The quantitative estimate of drug-likeness (QED) is 0.751. The summed E-state index contributed by atoms with van der Waals surface area (Å²) in [5.41, 5.74) is -3.63. The maximum atomic E-state index is 12.8. The second-order valence-corrected chi connectivity index (χ2v) is 8.08. The van der Waals surface area contributed by atoms with E-state index in [9.17, 15) is 32.7 Å². The lowest BCUT2D eigenvalue weighted by Gasteiger charge is -2.38. The van der Waals surface area contributed by atoms with E-state index in [1.807, 2.05) is 0 Å². The maximum absolute atomic E-state index is 12.8. The van der Waals surface area contributed by atoms with E-state index in [1.54, 1.807) is 20.8 Å². The van der Waals surface area contributed by atoms with Gasteiger partial charge in [0.25, 0.3) is 0 Å². The van der Waals surface area contributed by atoms with Crippen LogP contribution in [0.15, 0.2) is 18.3 Å². The van der Waals surface area contributed by atoms with Crippen molar-refractivity contribution in [2.45, 2.75) is 51.8 Å². The molecule has 1 fully saturated rings. The average molecular weight is 416 g/mol. The van der Waals surface area contributed by atoms with E-state index in [1.165, 1.54) is 4.90 Å². The number of halogens is 3. The van der Waals surface area contributed by atoms with E-state index in [4.69, 9.17) is 4.74 Å². The number of piperidine rings is 1. The van der Waals surface area contributed by atoms with Gasteiger partial charge in [-0.2, -0.15) is 13.2 Å². The molecule has 0 radical (unpaired) electrons. The number of ether oxygens (including phenoxy) is 1. The van der Waals surface area contributed by atoms with Gasteiger partial charge in [0.1, 0.15) is 11.3 Å². The third kappa shape index (κ3) is 5.68. The Morgan fingerprint density at radius 2 is 1.79 bits per heavy atom. The third-order valence-electron chi connectivity index (χ3n) is 4.70. The smallest absolute Gasteiger partial charge is 0.433 e. The molecule has 7 nitrogen and oxygen atoms in total. The molecule has 10 heteroatoms. The number of nitrogens with zero attached hydrogens (tertiary/aromatic N) is 2. The first-order valence-electron chi connectivity index (χ1n) is 9.01. The van der Waals surface area contributed by atoms with Crippen LogP contribution in [0.4, 0.5) is 18.0 Å². The summed E-state index contributed by atoms with van der Waals surface area (Å²) in [6, 6.07) is 1.75. The van der Waals surface area contributed by atoms with Crippen LogP contribution >= 0.6 is 0 Å². The number of aliphatic carboxylic acids is 1. The Labute approximate surface area is 165 Å². The molecule has 0 unspecified atom stereocenters. The van der Waals surface area contributed by atoms with E-state index in [2.05, 4.69) is 4.98 Å². The number of carbonyl (C=O) groups excluding carboxylic acids is 2. The number of ketones is 1. The van der Waals surface area contributed by atoms with E-state index >= 15 is 0 Å². The van der Waals surface area contributed by atoms with Crippen molar-refractivity contribution in [1.29, 1.82) is 0 Å². The Morgan fingerprint density at radius 3 is 2.28 bits per heavy atom. The van der Waals surface area contributed by atoms with Crippen molar-refractivity contribution in [2.75, 3.05) is 13.1 Å². The number of carboxylic acids is 1. The zero-order valence-corrected chi connectivity index (χ0v) is 16.4. The van der Waals surface area contributed by atoms with E-state index in [0.717, 1.165) is 12.3 Å².